The van der Waals surface area contributed by atoms with Crippen molar-refractivity contribution < 1.29 is 28.6 Å². The maximum absolute atomic E-state index is 11.7. The molecule has 0 spiro atoms. The van der Waals surface area contributed by atoms with Crippen LogP contribution in [-0.4, -0.2) is 55.6 Å². The molecular formula is C30H35NO6. The summed E-state index contributed by atoms with van der Waals surface area (Å²) in [6, 6.07) is 29.6. The Labute approximate surface area is 218 Å². The zero-order valence-electron chi connectivity index (χ0n) is 21.4. The van der Waals surface area contributed by atoms with Crippen LogP contribution in [0, 0.1) is 0 Å². The van der Waals surface area contributed by atoms with Crippen molar-refractivity contribution in [3.63, 3.8) is 0 Å². The van der Waals surface area contributed by atoms with E-state index in [1.165, 1.54) is 6.92 Å². The number of rotatable bonds is 12. The maximum Gasteiger partial charge on any atom is 0.302 e. The molecule has 196 valence electrons. The molecule has 1 aliphatic heterocycles. The Morgan fingerprint density at radius 2 is 1.19 bits per heavy atom. The zero-order valence-corrected chi connectivity index (χ0v) is 21.4. The minimum atomic E-state index is -0.488. The van der Waals surface area contributed by atoms with E-state index in [2.05, 4.69) is 0 Å². The van der Waals surface area contributed by atoms with Gasteiger partial charge in [0.05, 0.1) is 39.5 Å². The molecule has 1 fully saturated rings. The standard InChI is InChI=1S/C30H35NO6/c1-23(32)34-22-27-29(36-20-25-14-8-4-9-15-25)30(37-21-26-16-10-5-11-17-26)28(18-31(27)33-2)35-19-24-12-6-3-7-13-24/h3-17,27-30H,18-22H2,1-2H3/t27-,28+,29-,30-/m1/s1. The number of piperidine rings is 1. The highest BCUT2D eigenvalue weighted by atomic mass is 16.7. The number of hydrogen-bond acceptors (Lipinski definition) is 7. The Hall–Kier alpha value is -3.07. The molecule has 4 rings (SSSR count). The molecular weight excluding hydrogens is 470 g/mol. The van der Waals surface area contributed by atoms with E-state index in [0.717, 1.165) is 16.7 Å². The van der Waals surface area contributed by atoms with Crippen LogP contribution in [0.25, 0.3) is 0 Å². The smallest absolute Gasteiger partial charge is 0.302 e. The average molecular weight is 506 g/mol. The average Bonchev–Trinajstić information content (AvgIpc) is 2.94. The van der Waals surface area contributed by atoms with Crippen molar-refractivity contribution in [2.24, 2.45) is 0 Å². The van der Waals surface area contributed by atoms with Crippen molar-refractivity contribution in [2.75, 3.05) is 20.3 Å². The van der Waals surface area contributed by atoms with Crippen LogP contribution in [0.4, 0.5) is 0 Å². The summed E-state index contributed by atoms with van der Waals surface area (Å²) < 4.78 is 24.9. The molecule has 0 unspecified atom stereocenters. The molecule has 7 heteroatoms. The summed E-state index contributed by atoms with van der Waals surface area (Å²) in [4.78, 5) is 17.4. The molecule has 4 atom stereocenters. The SMILES string of the molecule is CON1C[C@H](OCc2ccccc2)[C@@H](OCc2ccccc2)[C@H](OCc2ccccc2)[C@H]1COC(C)=O. The highest BCUT2D eigenvalue weighted by Gasteiger charge is 2.47. The minimum absolute atomic E-state index is 0.110. The first kappa shape index (κ1) is 27.0. The molecule has 0 aliphatic carbocycles. The summed E-state index contributed by atoms with van der Waals surface area (Å²) >= 11 is 0. The second-order valence-corrected chi connectivity index (χ2v) is 9.01. The van der Waals surface area contributed by atoms with Gasteiger partial charge in [0.25, 0.3) is 0 Å². The first-order valence-electron chi connectivity index (χ1n) is 12.5. The van der Waals surface area contributed by atoms with Gasteiger partial charge in [-0.1, -0.05) is 91.0 Å². The van der Waals surface area contributed by atoms with Gasteiger partial charge < -0.3 is 23.8 Å². The molecule has 0 saturated carbocycles. The van der Waals surface area contributed by atoms with Crippen LogP contribution in [-0.2, 0) is 48.4 Å². The van der Waals surface area contributed by atoms with Crippen LogP contribution in [0.2, 0.25) is 0 Å². The minimum Gasteiger partial charge on any atom is -0.464 e. The van der Waals surface area contributed by atoms with Crippen LogP contribution in [0.15, 0.2) is 91.0 Å². The molecule has 3 aromatic rings. The van der Waals surface area contributed by atoms with E-state index in [1.807, 2.05) is 91.0 Å². The van der Waals surface area contributed by atoms with Gasteiger partial charge in [-0.2, -0.15) is 5.06 Å². The lowest BCUT2D eigenvalue weighted by Gasteiger charge is -2.46. The highest BCUT2D eigenvalue weighted by Crippen LogP contribution is 2.29. The fourth-order valence-corrected chi connectivity index (χ4v) is 4.47. The summed E-state index contributed by atoms with van der Waals surface area (Å²) in [5.41, 5.74) is 3.15. The third-order valence-electron chi connectivity index (χ3n) is 6.37. The van der Waals surface area contributed by atoms with Crippen LogP contribution in [0.5, 0.6) is 0 Å². The predicted octanol–water partition coefficient (Wildman–Crippen LogP) is 4.55. The normalized spacial score (nSPS) is 22.0. The van der Waals surface area contributed by atoms with Crippen molar-refractivity contribution in [3.8, 4) is 0 Å². The highest BCUT2D eigenvalue weighted by molar-refractivity contribution is 5.65. The molecule has 0 radical (unpaired) electrons. The lowest BCUT2D eigenvalue weighted by molar-refractivity contribution is -0.282. The number of benzene rings is 3. The molecule has 0 amide bonds. The first-order chi connectivity index (χ1) is 18.1. The monoisotopic (exact) mass is 505 g/mol. The molecule has 0 N–H and O–H groups in total. The fourth-order valence-electron chi connectivity index (χ4n) is 4.47. The summed E-state index contributed by atoms with van der Waals surface area (Å²) in [7, 11) is 1.61. The Morgan fingerprint density at radius 3 is 1.65 bits per heavy atom. The quantitative estimate of drug-likeness (QED) is 0.335. The number of ether oxygens (including phenoxy) is 4. The van der Waals surface area contributed by atoms with Gasteiger partial charge in [-0.3, -0.25) is 4.79 Å². The molecule has 1 aliphatic rings. The third-order valence-corrected chi connectivity index (χ3v) is 6.37. The largest absolute Gasteiger partial charge is 0.464 e. The molecule has 1 saturated heterocycles. The zero-order chi connectivity index (χ0) is 25.9. The van der Waals surface area contributed by atoms with Gasteiger partial charge in [-0.05, 0) is 16.7 Å². The topological polar surface area (TPSA) is 66.5 Å². The lowest BCUT2D eigenvalue weighted by Crippen LogP contribution is -2.64. The number of esters is 1. The van der Waals surface area contributed by atoms with E-state index in [9.17, 15) is 4.79 Å². The van der Waals surface area contributed by atoms with Gasteiger partial charge in [0.15, 0.2) is 0 Å². The number of carbonyl (C=O) groups is 1. The van der Waals surface area contributed by atoms with Crippen molar-refractivity contribution in [1.29, 1.82) is 0 Å². The first-order valence-corrected chi connectivity index (χ1v) is 12.5. The van der Waals surface area contributed by atoms with Crippen LogP contribution >= 0.6 is 0 Å². The van der Waals surface area contributed by atoms with Gasteiger partial charge >= 0.3 is 5.97 Å². The van der Waals surface area contributed by atoms with Crippen LogP contribution < -0.4 is 0 Å². The van der Waals surface area contributed by atoms with Gasteiger partial charge in [0.2, 0.25) is 0 Å². The third kappa shape index (κ3) is 7.95. The molecule has 37 heavy (non-hydrogen) atoms. The van der Waals surface area contributed by atoms with Gasteiger partial charge in [0.1, 0.15) is 24.9 Å². The fraction of sp³-hybridized carbons (Fsp3) is 0.367. The second kappa shape index (κ2) is 14.0. The molecule has 7 nitrogen and oxygen atoms in total. The number of carbonyl (C=O) groups excluding carboxylic acids is 1. The van der Waals surface area contributed by atoms with Crippen molar-refractivity contribution in [2.45, 2.75) is 51.1 Å². The van der Waals surface area contributed by atoms with Crippen molar-refractivity contribution >= 4 is 5.97 Å². The van der Waals surface area contributed by atoms with Crippen molar-refractivity contribution in [1.82, 2.24) is 5.06 Å². The molecule has 3 aromatic carbocycles. The summed E-state index contributed by atoms with van der Waals surface area (Å²) in [5, 5.41) is 1.77. The van der Waals surface area contributed by atoms with E-state index in [-0.39, 0.29) is 24.7 Å². The predicted molar refractivity (Wildman–Crippen MR) is 139 cm³/mol. The van der Waals surface area contributed by atoms with Crippen molar-refractivity contribution in [3.05, 3.63) is 108 Å². The molecule has 0 bridgehead atoms. The van der Waals surface area contributed by atoms with Crippen LogP contribution in [0.3, 0.4) is 0 Å². The van der Waals surface area contributed by atoms with Gasteiger partial charge in [-0.25, -0.2) is 0 Å². The van der Waals surface area contributed by atoms with E-state index < -0.39 is 12.2 Å². The van der Waals surface area contributed by atoms with Gasteiger partial charge in [0, 0.05) is 6.92 Å². The summed E-state index contributed by atoms with van der Waals surface area (Å²) in [5.74, 6) is -0.359. The lowest BCUT2D eigenvalue weighted by atomic mass is 9.94. The molecule has 1 heterocycles. The number of hydrogen-bond donors (Lipinski definition) is 0. The Kier molecular flexibility index (Phi) is 10.2. The Bertz CT molecular complexity index is 1070. The van der Waals surface area contributed by atoms with E-state index in [0.29, 0.717) is 26.4 Å². The van der Waals surface area contributed by atoms with E-state index in [1.54, 1.807) is 12.2 Å². The Morgan fingerprint density at radius 1 is 0.730 bits per heavy atom. The number of nitrogens with zero attached hydrogens (tertiary/aromatic N) is 1. The van der Waals surface area contributed by atoms with Crippen LogP contribution in [0.1, 0.15) is 23.6 Å². The molecule has 0 aromatic heterocycles. The Balaban J connectivity index is 1.59. The van der Waals surface area contributed by atoms with E-state index in [4.69, 9.17) is 23.8 Å². The van der Waals surface area contributed by atoms with Gasteiger partial charge in [-0.15, -0.1) is 0 Å². The summed E-state index contributed by atoms with van der Waals surface area (Å²) in [6.07, 6.45) is -1.27. The maximum atomic E-state index is 11.7. The second-order valence-electron chi connectivity index (χ2n) is 9.01. The number of hydroxylamine groups is 2. The van der Waals surface area contributed by atoms with E-state index >= 15 is 0 Å². The summed E-state index contributed by atoms with van der Waals surface area (Å²) in [6.45, 7) is 3.13.